The molecule has 9 nitrogen and oxygen atoms in total. The summed E-state index contributed by atoms with van der Waals surface area (Å²) in [6, 6.07) is 2.00. The van der Waals surface area contributed by atoms with Gasteiger partial charge in [-0.15, -0.1) is 0 Å². The number of aryl methyl sites for hydroxylation is 2. The van der Waals surface area contributed by atoms with E-state index in [0.29, 0.717) is 37.4 Å². The molecule has 0 unspecified atom stereocenters. The Labute approximate surface area is 172 Å². The Kier molecular flexibility index (Phi) is 6.25. The van der Waals surface area contributed by atoms with Crippen molar-refractivity contribution in [1.29, 1.82) is 0 Å². The Balaban J connectivity index is 1.79. The monoisotopic (exact) mass is 422 g/mol. The van der Waals surface area contributed by atoms with Gasteiger partial charge in [0.1, 0.15) is 22.2 Å². The fourth-order valence-electron chi connectivity index (χ4n) is 3.65. The number of sulfonamides is 1. The molecule has 0 N–H and O–H groups in total. The third-order valence-electron chi connectivity index (χ3n) is 5.10. The summed E-state index contributed by atoms with van der Waals surface area (Å²) in [4.78, 5) is 13.7. The van der Waals surface area contributed by atoms with Crippen molar-refractivity contribution >= 4 is 15.8 Å². The quantitative estimate of drug-likeness (QED) is 0.695. The topological polar surface area (TPSA) is 95.7 Å². The number of piperidine rings is 1. The van der Waals surface area contributed by atoms with Crippen molar-refractivity contribution in [3.63, 3.8) is 0 Å². The Bertz CT molecular complexity index is 943. The molecule has 0 amide bonds. The third-order valence-corrected chi connectivity index (χ3v) is 7.25. The van der Waals surface area contributed by atoms with Crippen LogP contribution in [0.3, 0.4) is 0 Å². The average Bonchev–Trinajstić information content (AvgIpc) is 3.00. The van der Waals surface area contributed by atoms with Crippen LogP contribution in [0.1, 0.15) is 41.7 Å². The first-order chi connectivity index (χ1) is 13.6. The predicted octanol–water partition coefficient (Wildman–Crippen LogP) is 1.78. The van der Waals surface area contributed by atoms with Crippen LogP contribution in [0.25, 0.3) is 0 Å². The summed E-state index contributed by atoms with van der Waals surface area (Å²) in [5.74, 6) is 2.13. The minimum absolute atomic E-state index is 0.131. The fourth-order valence-corrected chi connectivity index (χ4v) is 5.41. The molecule has 2 aromatic heterocycles. The second-order valence-corrected chi connectivity index (χ2v) is 9.91. The van der Waals surface area contributed by atoms with Crippen LogP contribution in [0, 0.1) is 13.8 Å². The van der Waals surface area contributed by atoms with Crippen LogP contribution in [0.4, 0.5) is 5.82 Å². The molecule has 1 aliphatic rings. The zero-order chi connectivity index (χ0) is 21.3. The molecule has 29 heavy (non-hydrogen) atoms. The van der Waals surface area contributed by atoms with Crippen LogP contribution < -0.4 is 4.90 Å². The molecular weight excluding hydrogens is 392 g/mol. The standard InChI is InChI=1S/C19H30N6O3S/c1-13-18(14(2)28-22-13)29(26,27)25-9-7-15(8-10-25)19-20-16(12-23(3)4)11-17(21-19)24(5)6/h11,15H,7-10,12H2,1-6H3. The summed E-state index contributed by atoms with van der Waals surface area (Å²) in [6.45, 7) is 4.87. The maximum absolute atomic E-state index is 13.0. The van der Waals surface area contributed by atoms with Gasteiger partial charge in [0.15, 0.2) is 5.76 Å². The van der Waals surface area contributed by atoms with Crippen LogP contribution in [0.2, 0.25) is 0 Å². The van der Waals surface area contributed by atoms with E-state index in [-0.39, 0.29) is 10.8 Å². The minimum atomic E-state index is -3.61. The van der Waals surface area contributed by atoms with E-state index in [1.165, 1.54) is 4.31 Å². The first kappa shape index (κ1) is 21.7. The van der Waals surface area contributed by atoms with Crippen molar-refractivity contribution in [2.24, 2.45) is 0 Å². The summed E-state index contributed by atoms with van der Waals surface area (Å²) in [6.07, 6.45) is 1.36. The highest BCUT2D eigenvalue weighted by Crippen LogP contribution is 2.31. The van der Waals surface area contributed by atoms with E-state index in [9.17, 15) is 8.42 Å². The van der Waals surface area contributed by atoms with Crippen LogP contribution >= 0.6 is 0 Å². The van der Waals surface area contributed by atoms with Gasteiger partial charge in [-0.3, -0.25) is 0 Å². The fraction of sp³-hybridized carbons (Fsp3) is 0.632. The van der Waals surface area contributed by atoms with Crippen LogP contribution in [-0.4, -0.2) is 74.0 Å². The normalized spacial score (nSPS) is 16.5. The van der Waals surface area contributed by atoms with E-state index in [0.717, 1.165) is 23.9 Å². The van der Waals surface area contributed by atoms with Crippen LogP contribution in [0.5, 0.6) is 0 Å². The van der Waals surface area contributed by atoms with E-state index in [1.807, 2.05) is 39.2 Å². The number of anilines is 1. The second-order valence-electron chi connectivity index (χ2n) is 8.04. The van der Waals surface area contributed by atoms with E-state index in [1.54, 1.807) is 13.8 Å². The molecule has 2 aromatic rings. The highest BCUT2D eigenvalue weighted by molar-refractivity contribution is 7.89. The first-order valence-corrected chi connectivity index (χ1v) is 11.2. The molecular formula is C19H30N6O3S. The highest BCUT2D eigenvalue weighted by Gasteiger charge is 2.35. The molecule has 0 aliphatic carbocycles. The van der Waals surface area contributed by atoms with Crippen LogP contribution in [-0.2, 0) is 16.6 Å². The molecule has 1 fully saturated rings. The van der Waals surface area contributed by atoms with Gasteiger partial charge in [0, 0.05) is 45.7 Å². The number of hydrogen-bond acceptors (Lipinski definition) is 8. The van der Waals surface area contributed by atoms with Gasteiger partial charge in [0.25, 0.3) is 0 Å². The van der Waals surface area contributed by atoms with Crippen molar-refractivity contribution in [3.8, 4) is 0 Å². The molecule has 0 radical (unpaired) electrons. The van der Waals surface area contributed by atoms with Gasteiger partial charge in [0.05, 0.1) is 5.69 Å². The molecule has 3 rings (SSSR count). The lowest BCUT2D eigenvalue weighted by Gasteiger charge is -2.31. The minimum Gasteiger partial charge on any atom is -0.363 e. The summed E-state index contributed by atoms with van der Waals surface area (Å²) < 4.78 is 32.6. The maximum atomic E-state index is 13.0. The van der Waals surface area contributed by atoms with Gasteiger partial charge in [-0.1, -0.05) is 5.16 Å². The molecule has 1 saturated heterocycles. The molecule has 10 heteroatoms. The number of hydrogen-bond donors (Lipinski definition) is 0. The Morgan fingerprint density at radius 2 is 1.79 bits per heavy atom. The third kappa shape index (κ3) is 4.59. The van der Waals surface area contributed by atoms with E-state index < -0.39 is 10.0 Å². The van der Waals surface area contributed by atoms with Gasteiger partial charge in [-0.25, -0.2) is 18.4 Å². The molecule has 0 spiro atoms. The molecule has 0 saturated carbocycles. The lowest BCUT2D eigenvalue weighted by molar-refractivity contribution is 0.311. The SMILES string of the molecule is Cc1noc(C)c1S(=O)(=O)N1CCC(c2nc(CN(C)C)cc(N(C)C)n2)CC1. The van der Waals surface area contributed by atoms with Crippen molar-refractivity contribution in [2.75, 3.05) is 46.2 Å². The molecule has 0 atom stereocenters. The smallest absolute Gasteiger partial charge is 0.248 e. The van der Waals surface area contributed by atoms with E-state index in [2.05, 4.69) is 10.1 Å². The average molecular weight is 423 g/mol. The highest BCUT2D eigenvalue weighted by atomic mass is 32.2. The molecule has 3 heterocycles. The predicted molar refractivity (Wildman–Crippen MR) is 110 cm³/mol. The van der Waals surface area contributed by atoms with Gasteiger partial charge in [-0.05, 0) is 40.8 Å². The summed E-state index contributed by atoms with van der Waals surface area (Å²) in [5.41, 5.74) is 1.37. The van der Waals surface area contributed by atoms with Crippen molar-refractivity contribution < 1.29 is 12.9 Å². The van der Waals surface area contributed by atoms with Gasteiger partial charge < -0.3 is 14.3 Å². The summed E-state index contributed by atoms with van der Waals surface area (Å²) in [5, 5.41) is 3.79. The lowest BCUT2D eigenvalue weighted by Crippen LogP contribution is -2.38. The largest absolute Gasteiger partial charge is 0.363 e. The number of rotatable bonds is 6. The van der Waals surface area contributed by atoms with E-state index >= 15 is 0 Å². The zero-order valence-electron chi connectivity index (χ0n) is 18.0. The van der Waals surface area contributed by atoms with Crippen LogP contribution in [0.15, 0.2) is 15.5 Å². The molecule has 0 aromatic carbocycles. The number of nitrogens with zero attached hydrogens (tertiary/aromatic N) is 6. The molecule has 1 aliphatic heterocycles. The van der Waals surface area contributed by atoms with Crippen molar-refractivity contribution in [2.45, 2.75) is 44.0 Å². The summed E-state index contributed by atoms with van der Waals surface area (Å²) in [7, 11) is 4.33. The summed E-state index contributed by atoms with van der Waals surface area (Å²) >= 11 is 0. The number of aromatic nitrogens is 3. The molecule has 0 bridgehead atoms. The van der Waals surface area contributed by atoms with Gasteiger partial charge in [-0.2, -0.15) is 4.31 Å². The van der Waals surface area contributed by atoms with E-state index in [4.69, 9.17) is 14.5 Å². The van der Waals surface area contributed by atoms with Gasteiger partial charge in [0.2, 0.25) is 10.0 Å². The Morgan fingerprint density at radius 1 is 1.14 bits per heavy atom. The maximum Gasteiger partial charge on any atom is 0.248 e. The zero-order valence-corrected chi connectivity index (χ0v) is 18.8. The first-order valence-electron chi connectivity index (χ1n) is 9.72. The van der Waals surface area contributed by atoms with Crippen molar-refractivity contribution in [1.82, 2.24) is 24.3 Å². The van der Waals surface area contributed by atoms with Crippen molar-refractivity contribution in [3.05, 3.63) is 29.0 Å². The Morgan fingerprint density at radius 3 is 2.31 bits per heavy atom. The molecule has 160 valence electrons. The van der Waals surface area contributed by atoms with Gasteiger partial charge >= 0.3 is 0 Å². The Hall–Kier alpha value is -2.04. The lowest BCUT2D eigenvalue weighted by atomic mass is 9.97. The second kappa shape index (κ2) is 8.37.